The molecule has 2 aromatic heterocycles. The Labute approximate surface area is 196 Å². The van der Waals surface area contributed by atoms with Crippen molar-refractivity contribution in [3.05, 3.63) is 80.5 Å². The van der Waals surface area contributed by atoms with E-state index in [1.807, 2.05) is 13.8 Å². The molecule has 5 N–H and O–H groups in total. The molecule has 2 aromatic carbocycles. The van der Waals surface area contributed by atoms with E-state index < -0.39 is 41.1 Å². The van der Waals surface area contributed by atoms with Crippen molar-refractivity contribution in [1.29, 1.82) is 0 Å². The number of fused-ring (bicyclic) bond motifs is 1. The number of benzene rings is 2. The van der Waals surface area contributed by atoms with Crippen LogP contribution in [0.3, 0.4) is 0 Å². The molecule has 11 heteroatoms. The van der Waals surface area contributed by atoms with Gasteiger partial charge in [0.25, 0.3) is 5.56 Å². The highest BCUT2D eigenvalue weighted by Gasteiger charge is 2.23. The van der Waals surface area contributed by atoms with Crippen LogP contribution in [0.2, 0.25) is 0 Å². The molecule has 0 radical (unpaired) electrons. The minimum atomic E-state index is -1.14. The number of pyridine rings is 1. The van der Waals surface area contributed by atoms with E-state index in [1.54, 1.807) is 18.2 Å². The van der Waals surface area contributed by atoms with E-state index in [2.05, 4.69) is 15.3 Å². The molecule has 0 aliphatic rings. The van der Waals surface area contributed by atoms with E-state index in [1.165, 1.54) is 12.1 Å². The van der Waals surface area contributed by atoms with Crippen molar-refractivity contribution in [3.63, 3.8) is 0 Å². The van der Waals surface area contributed by atoms with E-state index in [9.17, 15) is 18.8 Å². The zero-order chi connectivity index (χ0) is 25.4. The van der Waals surface area contributed by atoms with Crippen molar-refractivity contribution < 1.29 is 18.7 Å². The molecule has 0 fully saturated rings. The normalized spacial score (nSPS) is 11.2. The molecule has 0 amide bonds. The maximum absolute atomic E-state index is 15.1. The number of aliphatic carboxylic acids is 1. The van der Waals surface area contributed by atoms with Crippen LogP contribution in [0.5, 0.6) is 0 Å². The summed E-state index contributed by atoms with van der Waals surface area (Å²) in [5, 5.41) is 11.6. The summed E-state index contributed by atoms with van der Waals surface area (Å²) in [5.41, 5.74) is 4.10. The van der Waals surface area contributed by atoms with Crippen LogP contribution in [0, 0.1) is 11.6 Å². The Balaban J connectivity index is 2.15. The van der Waals surface area contributed by atoms with Gasteiger partial charge in [-0.15, -0.1) is 0 Å². The van der Waals surface area contributed by atoms with Crippen LogP contribution in [-0.2, 0) is 4.79 Å². The highest BCUT2D eigenvalue weighted by Crippen LogP contribution is 2.33. The Bertz CT molecular complexity index is 1570. The monoisotopic (exact) mass is 481 g/mol. The highest BCUT2D eigenvalue weighted by molar-refractivity contribution is 5.84. The summed E-state index contributed by atoms with van der Waals surface area (Å²) in [6, 6.07) is 9.65. The number of halogens is 2. The topological polar surface area (TPSA) is 143 Å². The van der Waals surface area contributed by atoms with E-state index in [4.69, 9.17) is 10.8 Å². The Morgan fingerprint density at radius 2 is 1.89 bits per heavy atom. The second-order valence-corrected chi connectivity index (χ2v) is 8.13. The van der Waals surface area contributed by atoms with Crippen LogP contribution in [0.1, 0.15) is 25.3 Å². The Hall–Kier alpha value is -4.54. The molecule has 4 rings (SSSR count). The zero-order valence-electron chi connectivity index (χ0n) is 18.7. The van der Waals surface area contributed by atoms with Gasteiger partial charge >= 0.3 is 11.7 Å². The molecular weight excluding hydrogens is 460 g/mol. The van der Waals surface area contributed by atoms with Crippen LogP contribution in [0.4, 0.5) is 20.2 Å². The van der Waals surface area contributed by atoms with Crippen LogP contribution < -0.4 is 22.3 Å². The number of nitrogen functional groups attached to an aromatic ring is 1. The highest BCUT2D eigenvalue weighted by atomic mass is 19.1. The molecule has 4 aromatic rings. The van der Waals surface area contributed by atoms with Gasteiger partial charge in [0.1, 0.15) is 18.1 Å². The minimum Gasteiger partial charge on any atom is -0.480 e. The average Bonchev–Trinajstić information content (AvgIpc) is 2.78. The van der Waals surface area contributed by atoms with Gasteiger partial charge in [0.2, 0.25) is 0 Å². The first-order chi connectivity index (χ1) is 16.6. The molecule has 0 spiro atoms. The molecule has 2 heterocycles. The lowest BCUT2D eigenvalue weighted by Gasteiger charge is -2.20. The number of carboxylic acids is 1. The molecule has 0 atom stereocenters. The smallest absolute Gasteiger partial charge is 0.334 e. The Morgan fingerprint density at radius 3 is 2.54 bits per heavy atom. The maximum atomic E-state index is 15.1. The summed E-state index contributed by atoms with van der Waals surface area (Å²) in [7, 11) is 0. The van der Waals surface area contributed by atoms with Gasteiger partial charge < -0.3 is 16.2 Å². The van der Waals surface area contributed by atoms with Crippen molar-refractivity contribution >= 4 is 28.4 Å². The second kappa shape index (κ2) is 9.01. The number of nitrogens with two attached hydrogens (primary N) is 1. The molecule has 0 saturated carbocycles. The summed E-state index contributed by atoms with van der Waals surface area (Å²) in [5.74, 6) is -3.12. The van der Waals surface area contributed by atoms with Gasteiger partial charge in [0.05, 0.1) is 22.3 Å². The first-order valence-electron chi connectivity index (χ1n) is 10.6. The number of nitrogens with one attached hydrogen (secondary N) is 2. The molecule has 9 nitrogen and oxygen atoms in total. The number of aromatic amines is 1. The lowest BCUT2D eigenvalue weighted by Crippen LogP contribution is -2.31. The SMILES string of the molecule is CC(C)c1cccc(NCC(=O)O)c1-n1c(=O)[nH]c(=O)c2cc(F)c(-c3c(N)cccc3F)nc21. The third kappa shape index (κ3) is 4.23. The van der Waals surface area contributed by atoms with Gasteiger partial charge in [0.15, 0.2) is 11.5 Å². The van der Waals surface area contributed by atoms with Gasteiger partial charge in [-0.1, -0.05) is 32.0 Å². The molecule has 35 heavy (non-hydrogen) atoms. The summed E-state index contributed by atoms with van der Waals surface area (Å²) < 4.78 is 30.7. The molecule has 180 valence electrons. The maximum Gasteiger partial charge on any atom is 0.334 e. The number of carboxylic acid groups (broad SMARTS) is 1. The Morgan fingerprint density at radius 1 is 1.17 bits per heavy atom. The van der Waals surface area contributed by atoms with Gasteiger partial charge in [-0.3, -0.25) is 14.6 Å². The quantitative estimate of drug-likeness (QED) is 0.310. The number of aromatic nitrogens is 3. The van der Waals surface area contributed by atoms with Crippen LogP contribution in [0.25, 0.3) is 28.0 Å². The summed E-state index contributed by atoms with van der Waals surface area (Å²) in [6.07, 6.45) is 0. The van der Waals surface area contributed by atoms with Crippen molar-refractivity contribution in [2.75, 3.05) is 17.6 Å². The first kappa shape index (κ1) is 23.6. The number of carbonyl (C=O) groups is 1. The van der Waals surface area contributed by atoms with Crippen molar-refractivity contribution in [3.8, 4) is 16.9 Å². The number of nitrogens with zero attached hydrogens (tertiary/aromatic N) is 2. The van der Waals surface area contributed by atoms with E-state index >= 15 is 4.39 Å². The number of rotatable bonds is 6. The molecule has 0 aliphatic heterocycles. The van der Waals surface area contributed by atoms with Gasteiger partial charge in [-0.25, -0.2) is 23.1 Å². The van der Waals surface area contributed by atoms with E-state index in [0.29, 0.717) is 5.56 Å². The van der Waals surface area contributed by atoms with Crippen molar-refractivity contribution in [2.45, 2.75) is 19.8 Å². The van der Waals surface area contributed by atoms with Gasteiger partial charge in [-0.05, 0) is 35.7 Å². The number of hydrogen-bond acceptors (Lipinski definition) is 6. The Kier molecular flexibility index (Phi) is 6.08. The van der Waals surface area contributed by atoms with Crippen molar-refractivity contribution in [1.82, 2.24) is 14.5 Å². The van der Waals surface area contributed by atoms with E-state index in [-0.39, 0.29) is 39.6 Å². The average molecular weight is 481 g/mol. The second-order valence-electron chi connectivity index (χ2n) is 8.13. The predicted molar refractivity (Wildman–Crippen MR) is 128 cm³/mol. The van der Waals surface area contributed by atoms with Gasteiger partial charge in [0, 0.05) is 5.69 Å². The summed E-state index contributed by atoms with van der Waals surface area (Å²) >= 11 is 0. The third-order valence-electron chi connectivity index (χ3n) is 5.46. The largest absolute Gasteiger partial charge is 0.480 e. The van der Waals surface area contributed by atoms with Crippen LogP contribution >= 0.6 is 0 Å². The first-order valence-corrected chi connectivity index (χ1v) is 10.6. The molecule has 0 saturated heterocycles. The number of hydrogen-bond donors (Lipinski definition) is 4. The lowest BCUT2D eigenvalue weighted by molar-refractivity contribution is -0.134. The van der Waals surface area contributed by atoms with E-state index in [0.717, 1.165) is 16.7 Å². The molecule has 0 bridgehead atoms. The number of para-hydroxylation sites is 1. The number of anilines is 2. The fraction of sp³-hybridized carbons (Fsp3) is 0.167. The standard InChI is InChI=1S/C24H21F2N5O4/c1-11(2)12-5-3-8-17(28-10-18(32)33)21(12)31-22-13(23(34)30-24(31)35)9-15(26)20(29-22)19-14(25)6-4-7-16(19)27/h3-9,11,28H,10,27H2,1-2H3,(H,32,33)(H,30,34,35). The zero-order valence-corrected chi connectivity index (χ0v) is 18.7. The third-order valence-corrected chi connectivity index (χ3v) is 5.46. The summed E-state index contributed by atoms with van der Waals surface area (Å²) in [6.45, 7) is 3.26. The fourth-order valence-corrected chi connectivity index (χ4v) is 3.90. The van der Waals surface area contributed by atoms with Crippen LogP contribution in [-0.4, -0.2) is 32.2 Å². The van der Waals surface area contributed by atoms with Gasteiger partial charge in [-0.2, -0.15) is 0 Å². The number of H-pyrrole nitrogens is 1. The molecule has 0 unspecified atom stereocenters. The fourth-order valence-electron chi connectivity index (χ4n) is 3.90. The predicted octanol–water partition coefficient (Wildman–Crippen LogP) is 3.22. The summed E-state index contributed by atoms with van der Waals surface area (Å²) in [4.78, 5) is 43.2. The lowest BCUT2D eigenvalue weighted by atomic mass is 9.99. The van der Waals surface area contributed by atoms with Crippen LogP contribution in [0.15, 0.2) is 52.1 Å². The minimum absolute atomic E-state index is 0.0825. The molecular formula is C24H21F2N5O4. The van der Waals surface area contributed by atoms with Crippen molar-refractivity contribution in [2.24, 2.45) is 0 Å². The molecule has 0 aliphatic carbocycles.